The van der Waals surface area contributed by atoms with E-state index in [4.69, 9.17) is 24.5 Å². The van der Waals surface area contributed by atoms with Crippen molar-refractivity contribution in [1.82, 2.24) is 29.2 Å². The second-order valence-corrected chi connectivity index (χ2v) is 7.04. The highest BCUT2D eigenvalue weighted by molar-refractivity contribution is 5.77. The van der Waals surface area contributed by atoms with Gasteiger partial charge in [-0.1, -0.05) is 12.1 Å². The smallest absolute Gasteiger partial charge is 0.410 e. The normalized spacial score (nSPS) is 19.7. The number of cyclic esters (lactones) is 1. The van der Waals surface area contributed by atoms with Crippen molar-refractivity contribution >= 4 is 17.1 Å². The van der Waals surface area contributed by atoms with Crippen LogP contribution in [0, 0.1) is 0 Å². The summed E-state index contributed by atoms with van der Waals surface area (Å²) in [7, 11) is 0. The minimum absolute atomic E-state index is 0.171. The quantitative estimate of drug-likeness (QED) is 0.672. The SMILES string of the molecule is CCn1c(-n2nc([C@H]3CCOC3)nc2CN2CCOC2=O)nc2ccccc21. The average Bonchev–Trinajstić information content (AvgIpc) is 3.48. The van der Waals surface area contributed by atoms with Crippen LogP contribution < -0.4 is 0 Å². The van der Waals surface area contributed by atoms with Gasteiger partial charge >= 0.3 is 6.09 Å². The monoisotopic (exact) mass is 382 g/mol. The maximum atomic E-state index is 12.0. The van der Waals surface area contributed by atoms with E-state index < -0.39 is 0 Å². The number of carbonyl (C=O) groups is 1. The molecule has 2 aliphatic heterocycles. The molecule has 9 nitrogen and oxygen atoms in total. The molecule has 0 bridgehead atoms. The summed E-state index contributed by atoms with van der Waals surface area (Å²) in [5.41, 5.74) is 1.96. The number of amides is 1. The lowest BCUT2D eigenvalue weighted by Crippen LogP contribution is -2.26. The maximum absolute atomic E-state index is 12.0. The second-order valence-electron chi connectivity index (χ2n) is 7.04. The zero-order valence-electron chi connectivity index (χ0n) is 15.7. The van der Waals surface area contributed by atoms with Gasteiger partial charge in [0.1, 0.15) is 6.61 Å². The molecule has 2 saturated heterocycles. The van der Waals surface area contributed by atoms with Crippen LogP contribution >= 0.6 is 0 Å². The van der Waals surface area contributed by atoms with Crippen LogP contribution in [-0.2, 0) is 22.6 Å². The summed E-state index contributed by atoms with van der Waals surface area (Å²) >= 11 is 0. The van der Waals surface area contributed by atoms with Crippen molar-refractivity contribution in [2.75, 3.05) is 26.4 Å². The summed E-state index contributed by atoms with van der Waals surface area (Å²) in [5.74, 6) is 2.31. The Kier molecular flexibility index (Phi) is 4.23. The van der Waals surface area contributed by atoms with Crippen molar-refractivity contribution in [3.05, 3.63) is 35.9 Å². The highest BCUT2D eigenvalue weighted by Crippen LogP contribution is 2.26. The van der Waals surface area contributed by atoms with Crippen LogP contribution in [0.25, 0.3) is 17.0 Å². The fourth-order valence-corrected chi connectivity index (χ4v) is 3.81. The van der Waals surface area contributed by atoms with Gasteiger partial charge in [0.2, 0.25) is 5.95 Å². The Labute approximate surface area is 161 Å². The molecule has 28 heavy (non-hydrogen) atoms. The molecule has 146 valence electrons. The van der Waals surface area contributed by atoms with Gasteiger partial charge in [0.25, 0.3) is 0 Å². The molecule has 0 aliphatic carbocycles. The zero-order chi connectivity index (χ0) is 19.1. The number of benzene rings is 1. The lowest BCUT2D eigenvalue weighted by atomic mass is 10.1. The molecule has 3 aromatic rings. The Morgan fingerprint density at radius 3 is 2.86 bits per heavy atom. The number of hydrogen-bond acceptors (Lipinski definition) is 6. The lowest BCUT2D eigenvalue weighted by Gasteiger charge is -2.13. The standard InChI is InChI=1S/C19H22N6O3/c1-2-24-15-6-4-3-5-14(15)20-18(24)25-16(11-23-8-10-28-19(23)26)21-17(22-25)13-7-9-27-12-13/h3-6,13H,2,7-12H2,1H3/t13-/m0/s1. The maximum Gasteiger partial charge on any atom is 0.410 e. The number of carbonyl (C=O) groups excluding carboxylic acids is 1. The largest absolute Gasteiger partial charge is 0.448 e. The van der Waals surface area contributed by atoms with E-state index in [1.807, 2.05) is 18.2 Å². The molecule has 2 aromatic heterocycles. The summed E-state index contributed by atoms with van der Waals surface area (Å²) in [4.78, 5) is 23.2. The minimum atomic E-state index is -0.315. The predicted molar refractivity (Wildman–Crippen MR) is 100 cm³/mol. The van der Waals surface area contributed by atoms with Crippen molar-refractivity contribution in [1.29, 1.82) is 0 Å². The first-order chi connectivity index (χ1) is 13.7. The topological polar surface area (TPSA) is 87.3 Å². The number of hydrogen-bond donors (Lipinski definition) is 0. The van der Waals surface area contributed by atoms with Gasteiger partial charge in [-0.15, -0.1) is 5.10 Å². The average molecular weight is 382 g/mol. The predicted octanol–water partition coefficient (Wildman–Crippen LogP) is 2.09. The molecule has 2 fully saturated rings. The summed E-state index contributed by atoms with van der Waals surface area (Å²) in [5, 5.41) is 4.80. The molecule has 9 heteroatoms. The molecule has 0 spiro atoms. The van der Waals surface area contributed by atoms with Crippen LogP contribution in [-0.4, -0.2) is 61.7 Å². The third kappa shape index (κ3) is 2.82. The van der Waals surface area contributed by atoms with Gasteiger partial charge in [-0.25, -0.2) is 14.8 Å². The van der Waals surface area contributed by atoms with Crippen molar-refractivity contribution < 1.29 is 14.3 Å². The number of ether oxygens (including phenoxy) is 2. The van der Waals surface area contributed by atoms with E-state index in [0.29, 0.717) is 38.1 Å². The molecule has 0 radical (unpaired) electrons. The molecule has 0 N–H and O–H groups in total. The first kappa shape index (κ1) is 17.2. The Balaban J connectivity index is 1.61. The molecule has 1 amide bonds. The van der Waals surface area contributed by atoms with E-state index in [-0.39, 0.29) is 12.0 Å². The molecule has 4 heterocycles. The highest BCUT2D eigenvalue weighted by atomic mass is 16.6. The van der Waals surface area contributed by atoms with Crippen LogP contribution in [0.1, 0.15) is 30.9 Å². The first-order valence-electron chi connectivity index (χ1n) is 9.65. The molecule has 2 aliphatic rings. The summed E-state index contributed by atoms with van der Waals surface area (Å²) in [6, 6.07) is 8.02. The lowest BCUT2D eigenvalue weighted by molar-refractivity contribution is 0.156. The van der Waals surface area contributed by atoms with Gasteiger partial charge in [0.05, 0.1) is 30.7 Å². The minimum Gasteiger partial charge on any atom is -0.448 e. The number of aryl methyl sites for hydroxylation is 1. The van der Waals surface area contributed by atoms with Crippen molar-refractivity contribution in [2.45, 2.75) is 32.4 Å². The van der Waals surface area contributed by atoms with Gasteiger partial charge in [-0.2, -0.15) is 4.68 Å². The molecular weight excluding hydrogens is 360 g/mol. The number of imidazole rings is 1. The molecular formula is C19H22N6O3. The van der Waals surface area contributed by atoms with Crippen molar-refractivity contribution in [2.24, 2.45) is 0 Å². The Hall–Kier alpha value is -2.94. The van der Waals surface area contributed by atoms with E-state index in [0.717, 1.165) is 36.4 Å². The zero-order valence-corrected chi connectivity index (χ0v) is 15.7. The number of fused-ring (bicyclic) bond motifs is 1. The Morgan fingerprint density at radius 1 is 1.21 bits per heavy atom. The number of rotatable bonds is 5. The highest BCUT2D eigenvalue weighted by Gasteiger charge is 2.29. The number of aromatic nitrogens is 5. The molecule has 5 rings (SSSR count). The fraction of sp³-hybridized carbons (Fsp3) is 0.474. The summed E-state index contributed by atoms with van der Waals surface area (Å²) < 4.78 is 14.5. The number of para-hydroxylation sites is 2. The van der Waals surface area contributed by atoms with Gasteiger partial charge < -0.3 is 14.0 Å². The van der Waals surface area contributed by atoms with Gasteiger partial charge in [0.15, 0.2) is 11.6 Å². The first-order valence-corrected chi connectivity index (χ1v) is 9.65. The second kappa shape index (κ2) is 6.90. The van der Waals surface area contributed by atoms with Crippen LogP contribution in [0.3, 0.4) is 0 Å². The van der Waals surface area contributed by atoms with Crippen LogP contribution in [0.15, 0.2) is 24.3 Å². The van der Waals surface area contributed by atoms with E-state index >= 15 is 0 Å². The van der Waals surface area contributed by atoms with Gasteiger partial charge in [-0.05, 0) is 25.5 Å². The third-order valence-corrected chi connectivity index (χ3v) is 5.30. The summed E-state index contributed by atoms with van der Waals surface area (Å²) in [6.07, 6.45) is 0.587. The van der Waals surface area contributed by atoms with Crippen molar-refractivity contribution in [3.8, 4) is 5.95 Å². The van der Waals surface area contributed by atoms with Gasteiger partial charge in [0, 0.05) is 19.1 Å². The van der Waals surface area contributed by atoms with E-state index in [1.54, 1.807) is 9.58 Å². The van der Waals surface area contributed by atoms with E-state index in [2.05, 4.69) is 17.6 Å². The number of nitrogens with zero attached hydrogens (tertiary/aromatic N) is 6. The van der Waals surface area contributed by atoms with E-state index in [1.165, 1.54) is 0 Å². The molecule has 1 atom stereocenters. The van der Waals surface area contributed by atoms with Crippen LogP contribution in [0.5, 0.6) is 0 Å². The van der Waals surface area contributed by atoms with Crippen LogP contribution in [0.4, 0.5) is 4.79 Å². The van der Waals surface area contributed by atoms with Gasteiger partial charge in [-0.3, -0.25) is 4.90 Å². The van der Waals surface area contributed by atoms with E-state index in [9.17, 15) is 4.79 Å². The van der Waals surface area contributed by atoms with Crippen LogP contribution in [0.2, 0.25) is 0 Å². The Bertz CT molecular complexity index is 1020. The Morgan fingerprint density at radius 2 is 2.11 bits per heavy atom. The molecule has 0 saturated carbocycles. The third-order valence-electron chi connectivity index (χ3n) is 5.30. The summed E-state index contributed by atoms with van der Waals surface area (Å²) in [6.45, 7) is 5.48. The van der Waals surface area contributed by atoms with Crippen molar-refractivity contribution in [3.63, 3.8) is 0 Å². The fourth-order valence-electron chi connectivity index (χ4n) is 3.81. The molecule has 0 unspecified atom stereocenters. The molecule has 1 aromatic carbocycles.